The molecule has 1 N–H and O–H groups in total. The van der Waals surface area contributed by atoms with E-state index in [1.807, 2.05) is 0 Å². The van der Waals surface area contributed by atoms with Crippen LogP contribution in [0.5, 0.6) is 5.88 Å². The van der Waals surface area contributed by atoms with Gasteiger partial charge in [-0.05, 0) is 41.1 Å². The molecule has 0 fully saturated rings. The maximum atomic E-state index is 12.7. The summed E-state index contributed by atoms with van der Waals surface area (Å²) in [7, 11) is 1.50. The van der Waals surface area contributed by atoms with Crippen molar-refractivity contribution in [3.63, 3.8) is 0 Å². The van der Waals surface area contributed by atoms with E-state index in [-0.39, 0.29) is 11.5 Å². The predicted molar refractivity (Wildman–Crippen MR) is 112 cm³/mol. The van der Waals surface area contributed by atoms with E-state index in [9.17, 15) is 18.4 Å². The molecule has 3 rings (SSSR count). The van der Waals surface area contributed by atoms with Crippen molar-refractivity contribution < 1.29 is 17.9 Å². The van der Waals surface area contributed by atoms with Crippen molar-refractivity contribution in [2.45, 2.75) is 25.2 Å². The number of aromatic nitrogens is 3. The van der Waals surface area contributed by atoms with Gasteiger partial charge in [0.2, 0.25) is 5.88 Å². The summed E-state index contributed by atoms with van der Waals surface area (Å²) in [5.74, 6) is 0.409. The lowest BCUT2D eigenvalue weighted by Crippen LogP contribution is -2.47. The van der Waals surface area contributed by atoms with Gasteiger partial charge < -0.3 is 10.1 Å². The van der Waals surface area contributed by atoms with Gasteiger partial charge in [0.25, 0.3) is 0 Å². The Hall–Kier alpha value is -2.71. The van der Waals surface area contributed by atoms with E-state index in [1.54, 1.807) is 23.9 Å². The minimum Gasteiger partial charge on any atom is -0.480 e. The Kier molecular flexibility index (Phi) is 6.01. The fourth-order valence-electron chi connectivity index (χ4n) is 2.74. The Morgan fingerprint density at radius 1 is 1.30 bits per heavy atom. The number of benzene rings is 1. The van der Waals surface area contributed by atoms with Crippen molar-refractivity contribution in [3.05, 3.63) is 52.1 Å². The van der Waals surface area contributed by atoms with Gasteiger partial charge in [0.1, 0.15) is 21.6 Å². The molecule has 0 radical (unpaired) electrons. The number of hydrogen-bond acceptors (Lipinski definition) is 5. The average molecular weight is 498 g/mol. The van der Waals surface area contributed by atoms with Crippen molar-refractivity contribution in [1.82, 2.24) is 20.1 Å². The molecular formula is C19H15BrF3N5OS. The highest BCUT2D eigenvalue weighted by Gasteiger charge is 2.31. The summed E-state index contributed by atoms with van der Waals surface area (Å²) in [6.45, 7) is 1.75. The molecule has 2 heterocycles. The van der Waals surface area contributed by atoms with Gasteiger partial charge in [0.15, 0.2) is 0 Å². The molecule has 0 aliphatic carbocycles. The molecule has 6 nitrogen and oxygen atoms in total. The molecule has 0 saturated heterocycles. The summed E-state index contributed by atoms with van der Waals surface area (Å²) in [6.07, 6.45) is -2.76. The lowest BCUT2D eigenvalue weighted by Gasteiger charge is -2.25. The molecule has 11 heteroatoms. The smallest absolute Gasteiger partial charge is 0.416 e. The third-order valence-corrected chi connectivity index (χ3v) is 5.15. The second kappa shape index (κ2) is 8.20. The molecule has 2 aromatic heterocycles. The van der Waals surface area contributed by atoms with Gasteiger partial charge in [-0.3, -0.25) is 4.68 Å². The largest absolute Gasteiger partial charge is 0.480 e. The Morgan fingerprint density at radius 3 is 2.53 bits per heavy atom. The molecule has 0 aliphatic heterocycles. The zero-order valence-electron chi connectivity index (χ0n) is 15.8. The number of nitrogens with one attached hydrogen (secondary N) is 1. The first-order valence-corrected chi connectivity index (χ1v) is 9.73. The fourth-order valence-corrected chi connectivity index (χ4v) is 3.57. The van der Waals surface area contributed by atoms with Crippen LogP contribution in [0.15, 0.2) is 41.0 Å². The van der Waals surface area contributed by atoms with Crippen molar-refractivity contribution >= 4 is 44.2 Å². The molecule has 1 unspecified atom stereocenters. The number of alkyl halides is 3. The minimum atomic E-state index is -4.43. The van der Waals surface area contributed by atoms with E-state index in [4.69, 9.17) is 17.0 Å². The Bertz CT molecular complexity index is 1140. The topological polar surface area (TPSA) is 75.8 Å². The van der Waals surface area contributed by atoms with Crippen LogP contribution in [0.1, 0.15) is 18.1 Å². The quantitative estimate of drug-likeness (QED) is 0.524. The zero-order chi connectivity index (χ0) is 22.1. The molecular weight excluding hydrogens is 483 g/mol. The van der Waals surface area contributed by atoms with Crippen LogP contribution in [-0.2, 0) is 12.7 Å². The summed E-state index contributed by atoms with van der Waals surface area (Å²) in [4.78, 5) is 4.49. The number of pyridine rings is 1. The number of fused-ring (bicyclic) bond motifs is 1. The minimum absolute atomic E-state index is 0.126. The summed E-state index contributed by atoms with van der Waals surface area (Å²) < 4.78 is 45.6. The number of nitrogens with zero attached hydrogens (tertiary/aromatic N) is 4. The monoisotopic (exact) mass is 497 g/mol. The number of hydrogen-bond donors (Lipinski definition) is 1. The van der Waals surface area contributed by atoms with E-state index in [2.05, 4.69) is 37.4 Å². The number of nitriles is 1. The molecule has 0 saturated carbocycles. The van der Waals surface area contributed by atoms with E-state index >= 15 is 0 Å². The maximum Gasteiger partial charge on any atom is 0.416 e. The summed E-state index contributed by atoms with van der Waals surface area (Å²) in [5.41, 5.74) is -0.368. The van der Waals surface area contributed by atoms with Crippen molar-refractivity contribution in [2.24, 2.45) is 0 Å². The van der Waals surface area contributed by atoms with Crippen LogP contribution >= 0.6 is 28.1 Å². The summed E-state index contributed by atoms with van der Waals surface area (Å²) in [6, 6.07) is 8.34. The first-order valence-electron chi connectivity index (χ1n) is 8.53. The highest BCUT2D eigenvalue weighted by Crippen LogP contribution is 2.29. The number of thiocarbonyl (C=S) groups is 1. The third-order valence-electron chi connectivity index (χ3n) is 4.24. The van der Waals surface area contributed by atoms with Gasteiger partial charge in [-0.1, -0.05) is 24.4 Å². The molecule has 0 spiro atoms. The lowest BCUT2D eigenvalue weighted by molar-refractivity contribution is -0.137. The lowest BCUT2D eigenvalue weighted by atomic mass is 10.0. The molecule has 156 valence electrons. The van der Waals surface area contributed by atoms with E-state index in [0.29, 0.717) is 26.9 Å². The standard InChI is InChI=1S/C19H15BrF3N5OS/c1-18(9-24,26-17(30)11-3-5-12(6-4-11)19(21,22)23)10-28-8-15-14(27-28)7-13(20)16(25-15)29-2/h3-8H,10H2,1-2H3,(H,26,30). The van der Waals surface area contributed by atoms with Crippen LogP contribution in [0, 0.1) is 11.3 Å². The average Bonchev–Trinajstić information content (AvgIpc) is 3.07. The van der Waals surface area contributed by atoms with Crippen molar-refractivity contribution in [3.8, 4) is 11.9 Å². The van der Waals surface area contributed by atoms with Gasteiger partial charge in [-0.2, -0.15) is 23.5 Å². The Labute approximate surface area is 183 Å². The number of ether oxygens (including phenoxy) is 1. The molecule has 0 amide bonds. The molecule has 3 aromatic rings. The molecule has 0 bridgehead atoms. The SMILES string of the molecule is COc1nc2cn(CC(C)(C#N)NC(=S)c3ccc(C(F)(F)F)cc3)nc2cc1Br. The van der Waals surface area contributed by atoms with Crippen LogP contribution in [0.4, 0.5) is 13.2 Å². The van der Waals surface area contributed by atoms with Crippen molar-refractivity contribution in [2.75, 3.05) is 7.11 Å². The summed E-state index contributed by atoms with van der Waals surface area (Å²) >= 11 is 8.64. The van der Waals surface area contributed by atoms with Crippen LogP contribution < -0.4 is 10.1 Å². The highest BCUT2D eigenvalue weighted by molar-refractivity contribution is 9.10. The first kappa shape index (κ1) is 22.0. The normalized spacial score (nSPS) is 13.5. The second-order valence-electron chi connectivity index (χ2n) is 6.68. The fraction of sp³-hybridized carbons (Fsp3) is 0.263. The maximum absolute atomic E-state index is 12.7. The van der Waals surface area contributed by atoms with Crippen LogP contribution in [-0.4, -0.2) is 32.4 Å². The van der Waals surface area contributed by atoms with Gasteiger partial charge in [0.05, 0.1) is 36.0 Å². The molecule has 1 aromatic carbocycles. The predicted octanol–water partition coefficient (Wildman–Crippen LogP) is 4.47. The Balaban J connectivity index is 1.79. The summed E-state index contributed by atoms with van der Waals surface area (Å²) in [5, 5.41) is 17.0. The van der Waals surface area contributed by atoms with E-state index < -0.39 is 17.3 Å². The van der Waals surface area contributed by atoms with Crippen LogP contribution in [0.2, 0.25) is 0 Å². The zero-order valence-corrected chi connectivity index (χ0v) is 18.2. The molecule has 30 heavy (non-hydrogen) atoms. The van der Waals surface area contributed by atoms with Crippen LogP contribution in [0.3, 0.4) is 0 Å². The number of halogens is 4. The van der Waals surface area contributed by atoms with Gasteiger partial charge in [0, 0.05) is 5.56 Å². The van der Waals surface area contributed by atoms with Crippen molar-refractivity contribution in [1.29, 1.82) is 5.26 Å². The van der Waals surface area contributed by atoms with E-state index in [1.165, 1.54) is 19.2 Å². The number of rotatable bonds is 5. The molecule has 0 aliphatic rings. The third kappa shape index (κ3) is 4.71. The molecule has 1 atom stereocenters. The second-order valence-corrected chi connectivity index (χ2v) is 7.95. The first-order chi connectivity index (χ1) is 14.0. The van der Waals surface area contributed by atoms with E-state index in [0.717, 1.165) is 12.1 Å². The van der Waals surface area contributed by atoms with Gasteiger partial charge in [-0.25, -0.2) is 4.98 Å². The van der Waals surface area contributed by atoms with Gasteiger partial charge in [-0.15, -0.1) is 0 Å². The highest BCUT2D eigenvalue weighted by atomic mass is 79.9. The van der Waals surface area contributed by atoms with Gasteiger partial charge >= 0.3 is 6.18 Å². The van der Waals surface area contributed by atoms with Crippen LogP contribution in [0.25, 0.3) is 11.0 Å². The number of methoxy groups -OCH3 is 1. The Morgan fingerprint density at radius 2 is 1.97 bits per heavy atom.